The van der Waals surface area contributed by atoms with Gasteiger partial charge < -0.3 is 10.5 Å². The second-order valence-electron chi connectivity index (χ2n) is 3.61. The number of alkyl halides is 1. The van der Waals surface area contributed by atoms with Crippen LogP contribution < -0.4 is 5.73 Å². The van der Waals surface area contributed by atoms with Gasteiger partial charge in [0.1, 0.15) is 6.67 Å². The van der Waals surface area contributed by atoms with E-state index in [4.69, 9.17) is 15.7 Å². The molecule has 0 saturated carbocycles. The second kappa shape index (κ2) is 6.21. The summed E-state index contributed by atoms with van der Waals surface area (Å²) in [5.74, 6) is -0.178. The molecular weight excluding hydrogens is 207 g/mol. The molecule has 0 aromatic heterocycles. The number of rotatable bonds is 5. The first kappa shape index (κ1) is 12.6. The van der Waals surface area contributed by atoms with E-state index in [1.54, 1.807) is 31.4 Å². The maximum atomic E-state index is 12.6. The highest BCUT2D eigenvalue weighted by molar-refractivity contribution is 5.33. The highest BCUT2D eigenvalue weighted by Gasteiger charge is 2.19. The zero-order valence-corrected chi connectivity index (χ0v) is 9.19. The van der Waals surface area contributed by atoms with Gasteiger partial charge in [-0.15, -0.1) is 0 Å². The average molecular weight is 222 g/mol. The molecular formula is C12H15FN2O. The molecule has 2 unspecified atom stereocenters. The van der Waals surface area contributed by atoms with Crippen molar-refractivity contribution in [1.29, 1.82) is 5.26 Å². The third-order valence-corrected chi connectivity index (χ3v) is 2.51. The molecule has 86 valence electrons. The monoisotopic (exact) mass is 222 g/mol. The summed E-state index contributed by atoms with van der Waals surface area (Å²) >= 11 is 0. The van der Waals surface area contributed by atoms with Crippen molar-refractivity contribution in [2.45, 2.75) is 12.0 Å². The van der Waals surface area contributed by atoms with E-state index in [0.29, 0.717) is 12.2 Å². The van der Waals surface area contributed by atoms with E-state index in [1.807, 2.05) is 6.07 Å². The van der Waals surface area contributed by atoms with Crippen molar-refractivity contribution >= 4 is 0 Å². The van der Waals surface area contributed by atoms with Crippen molar-refractivity contribution in [3.63, 3.8) is 0 Å². The van der Waals surface area contributed by atoms with Gasteiger partial charge in [-0.05, 0) is 17.7 Å². The van der Waals surface area contributed by atoms with Crippen LogP contribution in [-0.2, 0) is 4.74 Å². The van der Waals surface area contributed by atoms with Crippen LogP contribution in [0.3, 0.4) is 0 Å². The molecule has 1 aromatic carbocycles. The fourth-order valence-electron chi connectivity index (χ4n) is 1.56. The molecule has 2 atom stereocenters. The molecule has 0 aliphatic carbocycles. The number of benzene rings is 1. The third-order valence-electron chi connectivity index (χ3n) is 2.51. The van der Waals surface area contributed by atoms with Crippen molar-refractivity contribution in [3.8, 4) is 6.07 Å². The molecule has 4 heteroatoms. The highest BCUT2D eigenvalue weighted by Crippen LogP contribution is 2.20. The Hall–Kier alpha value is -1.44. The van der Waals surface area contributed by atoms with Gasteiger partial charge in [0, 0.05) is 19.1 Å². The molecule has 0 bridgehead atoms. The third kappa shape index (κ3) is 3.02. The number of nitriles is 1. The summed E-state index contributed by atoms with van der Waals surface area (Å²) in [5, 5.41) is 8.67. The molecule has 2 N–H and O–H groups in total. The van der Waals surface area contributed by atoms with Crippen LogP contribution in [0.25, 0.3) is 0 Å². The fourth-order valence-corrected chi connectivity index (χ4v) is 1.56. The molecule has 0 fully saturated rings. The van der Waals surface area contributed by atoms with Crippen LogP contribution in [0.4, 0.5) is 4.39 Å². The summed E-state index contributed by atoms with van der Waals surface area (Å²) < 4.78 is 17.6. The van der Waals surface area contributed by atoms with E-state index in [1.165, 1.54) is 0 Å². The Labute approximate surface area is 94.6 Å². The van der Waals surface area contributed by atoms with Gasteiger partial charge >= 0.3 is 0 Å². The number of hydrogen-bond acceptors (Lipinski definition) is 3. The maximum absolute atomic E-state index is 12.6. The Bertz CT molecular complexity index is 358. The van der Waals surface area contributed by atoms with E-state index in [0.717, 1.165) is 5.56 Å². The Kier molecular flexibility index (Phi) is 4.90. The van der Waals surface area contributed by atoms with Crippen LogP contribution >= 0.6 is 0 Å². The summed E-state index contributed by atoms with van der Waals surface area (Å²) in [6.45, 7) is -0.217. The van der Waals surface area contributed by atoms with Crippen LogP contribution in [0.15, 0.2) is 24.3 Å². The topological polar surface area (TPSA) is 59.0 Å². The predicted octanol–water partition coefficient (Wildman–Crippen LogP) is 1.59. The highest BCUT2D eigenvalue weighted by atomic mass is 19.1. The molecule has 0 heterocycles. The number of hydrogen-bond donors (Lipinski definition) is 1. The minimum Gasteiger partial charge on any atom is -0.384 e. The van der Waals surface area contributed by atoms with Crippen molar-refractivity contribution in [1.82, 2.24) is 0 Å². The van der Waals surface area contributed by atoms with Gasteiger partial charge in [-0.1, -0.05) is 12.1 Å². The lowest BCUT2D eigenvalue weighted by Crippen LogP contribution is -2.33. The van der Waals surface area contributed by atoms with Gasteiger partial charge in [0.15, 0.2) is 0 Å². The molecule has 3 nitrogen and oxygen atoms in total. The molecule has 16 heavy (non-hydrogen) atoms. The Morgan fingerprint density at radius 1 is 1.44 bits per heavy atom. The zero-order chi connectivity index (χ0) is 12.0. The lowest BCUT2D eigenvalue weighted by Gasteiger charge is -2.21. The zero-order valence-electron chi connectivity index (χ0n) is 9.19. The molecule has 0 saturated heterocycles. The first-order chi connectivity index (χ1) is 7.72. The molecule has 0 aliphatic heterocycles. The molecule has 1 aromatic rings. The molecule has 0 aliphatic rings. The van der Waals surface area contributed by atoms with Crippen LogP contribution in [-0.4, -0.2) is 26.4 Å². The van der Waals surface area contributed by atoms with E-state index >= 15 is 0 Å². The van der Waals surface area contributed by atoms with Crippen molar-refractivity contribution < 1.29 is 9.13 Å². The summed E-state index contributed by atoms with van der Waals surface area (Å²) in [5.41, 5.74) is 7.16. The van der Waals surface area contributed by atoms with E-state index in [2.05, 4.69) is 0 Å². The number of nitrogens with zero attached hydrogens (tertiary/aromatic N) is 1. The first-order valence-corrected chi connectivity index (χ1v) is 5.03. The smallest absolute Gasteiger partial charge is 0.105 e. The van der Waals surface area contributed by atoms with E-state index in [9.17, 15) is 4.39 Å². The summed E-state index contributed by atoms with van der Waals surface area (Å²) in [4.78, 5) is 0. The van der Waals surface area contributed by atoms with Crippen LogP contribution in [0.5, 0.6) is 0 Å². The average Bonchev–Trinajstić information content (AvgIpc) is 2.35. The second-order valence-corrected chi connectivity index (χ2v) is 3.61. The fraction of sp³-hybridized carbons (Fsp3) is 0.417. The van der Waals surface area contributed by atoms with Crippen molar-refractivity contribution in [2.24, 2.45) is 5.73 Å². The lowest BCUT2D eigenvalue weighted by molar-refractivity contribution is 0.163. The van der Waals surface area contributed by atoms with Crippen LogP contribution in [0, 0.1) is 11.3 Å². The van der Waals surface area contributed by atoms with Gasteiger partial charge in [-0.3, -0.25) is 0 Å². The molecule has 0 spiro atoms. The molecule has 1 rings (SSSR count). The first-order valence-electron chi connectivity index (χ1n) is 5.03. The largest absolute Gasteiger partial charge is 0.384 e. The van der Waals surface area contributed by atoms with Gasteiger partial charge in [0.2, 0.25) is 0 Å². The summed E-state index contributed by atoms with van der Waals surface area (Å²) in [6.07, 6.45) is 0. The van der Waals surface area contributed by atoms with Crippen LogP contribution in [0.1, 0.15) is 17.0 Å². The van der Waals surface area contributed by atoms with Crippen molar-refractivity contribution in [3.05, 3.63) is 35.4 Å². The Balaban J connectivity index is 2.88. The number of methoxy groups -OCH3 is 1. The van der Waals surface area contributed by atoms with Gasteiger partial charge in [0.05, 0.1) is 18.2 Å². The summed E-state index contributed by atoms with van der Waals surface area (Å²) in [6, 6.07) is 8.43. The SMILES string of the molecule is COCC(c1ccc(C#N)cc1)C(N)CF. The maximum Gasteiger partial charge on any atom is 0.105 e. The van der Waals surface area contributed by atoms with E-state index in [-0.39, 0.29) is 5.92 Å². The normalized spacial score (nSPS) is 14.1. The minimum atomic E-state index is -0.589. The summed E-state index contributed by atoms with van der Waals surface area (Å²) in [7, 11) is 1.56. The van der Waals surface area contributed by atoms with Crippen molar-refractivity contribution in [2.75, 3.05) is 20.4 Å². The number of halogens is 1. The molecule has 0 amide bonds. The molecule has 0 radical (unpaired) electrons. The van der Waals surface area contributed by atoms with Crippen LogP contribution in [0.2, 0.25) is 0 Å². The Morgan fingerprint density at radius 2 is 2.06 bits per heavy atom. The minimum absolute atomic E-state index is 0.178. The lowest BCUT2D eigenvalue weighted by atomic mass is 9.93. The number of nitrogens with two attached hydrogens (primary N) is 1. The predicted molar refractivity (Wildman–Crippen MR) is 59.7 cm³/mol. The van der Waals surface area contributed by atoms with Gasteiger partial charge in [-0.2, -0.15) is 5.26 Å². The quantitative estimate of drug-likeness (QED) is 0.823. The van der Waals surface area contributed by atoms with Gasteiger partial charge in [-0.25, -0.2) is 4.39 Å². The Morgan fingerprint density at radius 3 is 2.50 bits per heavy atom. The van der Waals surface area contributed by atoms with E-state index < -0.39 is 12.7 Å². The standard InChI is InChI=1S/C12H15FN2O/c1-16-8-11(12(15)6-13)10-4-2-9(7-14)3-5-10/h2-5,11-12H,6,8,15H2,1H3. The van der Waals surface area contributed by atoms with Gasteiger partial charge in [0.25, 0.3) is 0 Å². The number of ether oxygens (including phenoxy) is 1.